The third-order valence-corrected chi connectivity index (χ3v) is 1.52. The molecule has 0 spiro atoms. The molecule has 0 aromatic carbocycles. The molecular formula is C8H13N3O4. The summed E-state index contributed by atoms with van der Waals surface area (Å²) < 4.78 is 0. The standard InChI is InChI=1S/C8H13N3O4/c1-2-11(5-3-4-9)8(14)10-15-6-7(12)13/h2-3,5-6H2,1H3,(H,10,14)(H,12,13). The summed E-state index contributed by atoms with van der Waals surface area (Å²) >= 11 is 0. The van der Waals surface area contributed by atoms with Crippen molar-refractivity contribution in [3.8, 4) is 6.07 Å². The second-order valence-electron chi connectivity index (χ2n) is 2.58. The summed E-state index contributed by atoms with van der Waals surface area (Å²) in [5.74, 6) is -1.17. The van der Waals surface area contributed by atoms with Gasteiger partial charge in [-0.25, -0.2) is 15.1 Å². The van der Waals surface area contributed by atoms with E-state index in [1.54, 1.807) is 6.92 Å². The number of amides is 2. The monoisotopic (exact) mass is 215 g/mol. The highest BCUT2D eigenvalue weighted by molar-refractivity contribution is 5.73. The summed E-state index contributed by atoms with van der Waals surface area (Å²) in [6, 6.07) is 1.36. The number of rotatable bonds is 6. The van der Waals surface area contributed by atoms with Gasteiger partial charge >= 0.3 is 12.0 Å². The van der Waals surface area contributed by atoms with Crippen molar-refractivity contribution in [3.05, 3.63) is 0 Å². The van der Waals surface area contributed by atoms with Crippen LogP contribution in [-0.2, 0) is 9.63 Å². The number of hydrogen-bond donors (Lipinski definition) is 2. The molecule has 2 N–H and O–H groups in total. The minimum Gasteiger partial charge on any atom is -0.479 e. The lowest BCUT2D eigenvalue weighted by molar-refractivity contribution is -0.144. The van der Waals surface area contributed by atoms with E-state index in [0.717, 1.165) is 0 Å². The van der Waals surface area contributed by atoms with Crippen LogP contribution in [0.4, 0.5) is 4.79 Å². The maximum Gasteiger partial charge on any atom is 0.341 e. The second-order valence-corrected chi connectivity index (χ2v) is 2.58. The topological polar surface area (TPSA) is 103 Å². The molecule has 0 rings (SSSR count). The van der Waals surface area contributed by atoms with E-state index in [-0.39, 0.29) is 13.0 Å². The molecule has 2 amide bonds. The van der Waals surface area contributed by atoms with Crippen LogP contribution in [0.15, 0.2) is 0 Å². The molecule has 7 heteroatoms. The number of carboxylic acid groups (broad SMARTS) is 1. The summed E-state index contributed by atoms with van der Waals surface area (Å²) in [4.78, 5) is 27.0. The number of nitrogens with zero attached hydrogens (tertiary/aromatic N) is 2. The summed E-state index contributed by atoms with van der Waals surface area (Å²) in [7, 11) is 0. The SMILES string of the molecule is CCN(CCC#N)C(=O)NOCC(=O)O. The fourth-order valence-corrected chi connectivity index (χ4v) is 0.812. The smallest absolute Gasteiger partial charge is 0.341 e. The minimum absolute atomic E-state index is 0.222. The average Bonchev–Trinajstić information content (AvgIpc) is 2.18. The van der Waals surface area contributed by atoms with Gasteiger partial charge < -0.3 is 10.0 Å². The van der Waals surface area contributed by atoms with E-state index in [2.05, 4.69) is 4.84 Å². The number of hydroxylamine groups is 1. The highest BCUT2D eigenvalue weighted by atomic mass is 16.7. The molecular weight excluding hydrogens is 202 g/mol. The Labute approximate surface area is 87.2 Å². The van der Waals surface area contributed by atoms with Crippen LogP contribution in [0, 0.1) is 11.3 Å². The van der Waals surface area contributed by atoms with Crippen molar-refractivity contribution in [2.75, 3.05) is 19.7 Å². The zero-order chi connectivity index (χ0) is 11.7. The predicted molar refractivity (Wildman–Crippen MR) is 49.6 cm³/mol. The minimum atomic E-state index is -1.17. The molecule has 0 radical (unpaired) electrons. The van der Waals surface area contributed by atoms with Gasteiger partial charge in [-0.05, 0) is 6.92 Å². The Morgan fingerprint density at radius 2 is 2.27 bits per heavy atom. The normalized spacial score (nSPS) is 9.07. The van der Waals surface area contributed by atoms with Crippen LogP contribution in [0.5, 0.6) is 0 Å². The van der Waals surface area contributed by atoms with Gasteiger partial charge in [-0.1, -0.05) is 0 Å². The molecule has 0 unspecified atom stereocenters. The van der Waals surface area contributed by atoms with E-state index in [1.807, 2.05) is 11.5 Å². The number of carbonyl (C=O) groups excluding carboxylic acids is 1. The first-order valence-corrected chi connectivity index (χ1v) is 4.37. The van der Waals surface area contributed by atoms with Crippen LogP contribution in [0.2, 0.25) is 0 Å². The van der Waals surface area contributed by atoms with Crippen LogP contribution >= 0.6 is 0 Å². The number of carbonyl (C=O) groups is 2. The van der Waals surface area contributed by atoms with Crippen LogP contribution < -0.4 is 5.48 Å². The van der Waals surface area contributed by atoms with Crippen molar-refractivity contribution in [1.82, 2.24) is 10.4 Å². The largest absolute Gasteiger partial charge is 0.479 e. The quantitative estimate of drug-likeness (QED) is 0.604. The molecule has 84 valence electrons. The number of urea groups is 1. The van der Waals surface area contributed by atoms with Gasteiger partial charge in [-0.15, -0.1) is 0 Å². The second kappa shape index (κ2) is 7.58. The molecule has 0 fully saturated rings. The first kappa shape index (κ1) is 13.2. The zero-order valence-corrected chi connectivity index (χ0v) is 8.39. The molecule has 0 atom stereocenters. The lowest BCUT2D eigenvalue weighted by Crippen LogP contribution is -2.41. The lowest BCUT2D eigenvalue weighted by Gasteiger charge is -2.19. The Morgan fingerprint density at radius 1 is 1.60 bits per heavy atom. The fraction of sp³-hybridized carbons (Fsp3) is 0.625. The zero-order valence-electron chi connectivity index (χ0n) is 8.39. The van der Waals surface area contributed by atoms with E-state index in [4.69, 9.17) is 10.4 Å². The van der Waals surface area contributed by atoms with Crippen molar-refractivity contribution in [2.24, 2.45) is 0 Å². The molecule has 7 nitrogen and oxygen atoms in total. The van der Waals surface area contributed by atoms with Gasteiger partial charge in [0.1, 0.15) is 0 Å². The number of carboxylic acids is 1. The average molecular weight is 215 g/mol. The van der Waals surface area contributed by atoms with E-state index in [9.17, 15) is 9.59 Å². The van der Waals surface area contributed by atoms with Crippen LogP contribution in [0.1, 0.15) is 13.3 Å². The highest BCUT2D eigenvalue weighted by Crippen LogP contribution is 1.91. The molecule has 0 aromatic rings. The van der Waals surface area contributed by atoms with E-state index >= 15 is 0 Å². The van der Waals surface area contributed by atoms with E-state index in [1.165, 1.54) is 4.90 Å². The Morgan fingerprint density at radius 3 is 2.73 bits per heavy atom. The number of hydrogen-bond acceptors (Lipinski definition) is 4. The Balaban J connectivity index is 3.84. The van der Waals surface area contributed by atoms with Crippen molar-refractivity contribution in [2.45, 2.75) is 13.3 Å². The maximum absolute atomic E-state index is 11.2. The van der Waals surface area contributed by atoms with Crippen molar-refractivity contribution >= 4 is 12.0 Å². The Hall–Kier alpha value is -1.81. The van der Waals surface area contributed by atoms with Gasteiger partial charge in [0.25, 0.3) is 0 Å². The third kappa shape index (κ3) is 6.29. The summed E-state index contributed by atoms with van der Waals surface area (Å²) in [5.41, 5.74) is 1.97. The van der Waals surface area contributed by atoms with Crippen molar-refractivity contribution in [3.63, 3.8) is 0 Å². The fourth-order valence-electron chi connectivity index (χ4n) is 0.812. The van der Waals surface area contributed by atoms with E-state index in [0.29, 0.717) is 6.54 Å². The predicted octanol–water partition coefficient (Wildman–Crippen LogP) is -0.0522. The molecule has 0 aliphatic heterocycles. The highest BCUT2D eigenvalue weighted by Gasteiger charge is 2.10. The molecule has 0 saturated heterocycles. The Bertz CT molecular complexity index is 261. The van der Waals surface area contributed by atoms with Gasteiger partial charge in [-0.3, -0.25) is 4.84 Å². The molecule has 0 bridgehead atoms. The Kier molecular flexibility index (Phi) is 6.67. The van der Waals surface area contributed by atoms with Gasteiger partial charge in [0.15, 0.2) is 6.61 Å². The molecule has 15 heavy (non-hydrogen) atoms. The van der Waals surface area contributed by atoms with Gasteiger partial charge in [0, 0.05) is 13.1 Å². The maximum atomic E-state index is 11.2. The lowest BCUT2D eigenvalue weighted by atomic mass is 10.4. The van der Waals surface area contributed by atoms with E-state index < -0.39 is 18.6 Å². The van der Waals surface area contributed by atoms with Crippen LogP contribution in [0.25, 0.3) is 0 Å². The first-order chi connectivity index (χ1) is 7.11. The summed E-state index contributed by atoms with van der Waals surface area (Å²) in [6.07, 6.45) is 0.222. The third-order valence-electron chi connectivity index (χ3n) is 1.52. The van der Waals surface area contributed by atoms with Gasteiger partial charge in [0.2, 0.25) is 0 Å². The number of nitriles is 1. The van der Waals surface area contributed by atoms with Crippen LogP contribution in [-0.4, -0.2) is 41.7 Å². The van der Waals surface area contributed by atoms with Crippen molar-refractivity contribution < 1.29 is 19.5 Å². The van der Waals surface area contributed by atoms with Crippen molar-refractivity contribution in [1.29, 1.82) is 5.26 Å². The number of nitrogens with one attached hydrogen (secondary N) is 1. The molecule has 0 aliphatic carbocycles. The summed E-state index contributed by atoms with van der Waals surface area (Å²) in [5, 5.41) is 16.6. The van der Waals surface area contributed by atoms with Gasteiger partial charge in [-0.2, -0.15) is 5.26 Å². The first-order valence-electron chi connectivity index (χ1n) is 4.37. The molecule has 0 aromatic heterocycles. The van der Waals surface area contributed by atoms with Gasteiger partial charge in [0.05, 0.1) is 12.5 Å². The molecule has 0 aliphatic rings. The van der Waals surface area contributed by atoms with Crippen LogP contribution in [0.3, 0.4) is 0 Å². The molecule has 0 saturated carbocycles. The molecule has 0 heterocycles. The number of aliphatic carboxylic acids is 1. The summed E-state index contributed by atoms with van der Waals surface area (Å²) in [6.45, 7) is 1.86.